The number of pyridine rings is 1. The summed E-state index contributed by atoms with van der Waals surface area (Å²) in [5.74, 6) is 0.188. The quantitative estimate of drug-likeness (QED) is 0.719. The molecule has 1 unspecified atom stereocenters. The maximum Gasteiger partial charge on any atom is 0.236 e. The van der Waals surface area contributed by atoms with E-state index in [1.807, 2.05) is 25.7 Å². The fourth-order valence-corrected chi connectivity index (χ4v) is 3.96. The first-order valence-electron chi connectivity index (χ1n) is 10.6. The van der Waals surface area contributed by atoms with Gasteiger partial charge in [0.05, 0.1) is 18.8 Å². The number of amides is 1. The molecule has 1 aliphatic heterocycles. The monoisotopic (exact) mass is 395 g/mol. The summed E-state index contributed by atoms with van der Waals surface area (Å²) in [6.45, 7) is 12.3. The predicted octanol–water partition coefficient (Wildman–Crippen LogP) is 3.53. The van der Waals surface area contributed by atoms with Crippen LogP contribution in [0.1, 0.15) is 48.0 Å². The van der Waals surface area contributed by atoms with Gasteiger partial charge < -0.3 is 9.64 Å². The summed E-state index contributed by atoms with van der Waals surface area (Å²) in [7, 11) is 0. The summed E-state index contributed by atoms with van der Waals surface area (Å²) in [4.78, 5) is 21.3. The number of hydrogen-bond acceptors (Lipinski definition) is 4. The molecule has 0 spiro atoms. The van der Waals surface area contributed by atoms with Gasteiger partial charge in [-0.05, 0) is 62.9 Å². The Labute approximate surface area is 174 Å². The number of ether oxygens (including phenoxy) is 1. The van der Waals surface area contributed by atoms with Crippen LogP contribution in [-0.4, -0.2) is 60.0 Å². The second-order valence-corrected chi connectivity index (χ2v) is 7.81. The highest BCUT2D eigenvalue weighted by Crippen LogP contribution is 2.24. The van der Waals surface area contributed by atoms with Gasteiger partial charge in [0.25, 0.3) is 0 Å². The third kappa shape index (κ3) is 5.64. The molecular weight excluding hydrogens is 362 g/mol. The lowest BCUT2D eigenvalue weighted by atomic mass is 9.99. The van der Waals surface area contributed by atoms with Gasteiger partial charge in [-0.1, -0.05) is 24.3 Å². The van der Waals surface area contributed by atoms with Gasteiger partial charge in [0.15, 0.2) is 0 Å². The second-order valence-electron chi connectivity index (χ2n) is 7.81. The zero-order valence-electron chi connectivity index (χ0n) is 18.1. The first kappa shape index (κ1) is 21.5. The maximum absolute atomic E-state index is 12.5. The van der Waals surface area contributed by atoms with Gasteiger partial charge in [-0.25, -0.2) is 0 Å². The van der Waals surface area contributed by atoms with Crippen LogP contribution in [0.5, 0.6) is 0 Å². The average molecular weight is 396 g/mol. The Morgan fingerprint density at radius 2 is 1.97 bits per heavy atom. The Kier molecular flexibility index (Phi) is 7.40. The van der Waals surface area contributed by atoms with Crippen LogP contribution in [0.15, 0.2) is 36.4 Å². The van der Waals surface area contributed by atoms with Crippen LogP contribution < -0.4 is 0 Å². The van der Waals surface area contributed by atoms with Gasteiger partial charge in [-0.3, -0.25) is 14.7 Å². The number of aryl methyl sites for hydroxylation is 2. The molecule has 3 rings (SSSR count). The Bertz CT molecular complexity index is 833. The van der Waals surface area contributed by atoms with Crippen molar-refractivity contribution in [1.82, 2.24) is 14.8 Å². The normalized spacial score (nSPS) is 17.3. The summed E-state index contributed by atoms with van der Waals surface area (Å²) in [6, 6.07) is 12.8. The van der Waals surface area contributed by atoms with Crippen LogP contribution in [0.2, 0.25) is 0 Å². The molecule has 0 saturated carbocycles. The minimum atomic E-state index is -0.0937. The summed E-state index contributed by atoms with van der Waals surface area (Å²) < 4.78 is 6.04. The molecule has 1 fully saturated rings. The molecule has 1 saturated heterocycles. The van der Waals surface area contributed by atoms with E-state index in [1.54, 1.807) is 0 Å². The Morgan fingerprint density at radius 3 is 2.69 bits per heavy atom. The molecule has 1 aliphatic rings. The number of rotatable bonds is 7. The standard InChI is InChI=1S/C24H33N3O2/c1-5-27(6-2)24(28)17-26-11-12-29-23(16-26)22-15-20(13-19(4)25-22)14-21-10-8-7-9-18(21)3/h7-10,13,15,23H,5-6,11-12,14,16-17H2,1-4H3. The van der Waals surface area contributed by atoms with E-state index < -0.39 is 0 Å². The Hall–Kier alpha value is -2.24. The van der Waals surface area contributed by atoms with E-state index >= 15 is 0 Å². The number of morpholine rings is 1. The number of benzene rings is 1. The number of carbonyl (C=O) groups excluding carboxylic acids is 1. The van der Waals surface area contributed by atoms with E-state index in [9.17, 15) is 4.79 Å². The van der Waals surface area contributed by atoms with Crippen molar-refractivity contribution in [3.63, 3.8) is 0 Å². The molecule has 0 N–H and O–H groups in total. The molecule has 1 atom stereocenters. The van der Waals surface area contributed by atoms with Crippen molar-refractivity contribution in [2.45, 2.75) is 40.2 Å². The van der Waals surface area contributed by atoms with Crippen molar-refractivity contribution in [2.24, 2.45) is 0 Å². The minimum Gasteiger partial charge on any atom is -0.369 e. The summed E-state index contributed by atoms with van der Waals surface area (Å²) in [5, 5.41) is 0. The molecule has 1 aromatic carbocycles. The second kappa shape index (κ2) is 9.99. The van der Waals surface area contributed by atoms with Crippen LogP contribution in [-0.2, 0) is 16.0 Å². The van der Waals surface area contributed by atoms with Crippen molar-refractivity contribution in [3.8, 4) is 0 Å². The molecule has 5 heteroatoms. The molecule has 1 amide bonds. The van der Waals surface area contributed by atoms with E-state index in [2.05, 4.69) is 48.2 Å². The molecule has 2 aromatic rings. The third-order valence-electron chi connectivity index (χ3n) is 5.64. The lowest BCUT2D eigenvalue weighted by Crippen LogP contribution is -2.45. The number of aromatic nitrogens is 1. The van der Waals surface area contributed by atoms with Gasteiger partial charge in [0.2, 0.25) is 5.91 Å². The molecule has 5 nitrogen and oxygen atoms in total. The van der Waals surface area contributed by atoms with E-state index in [0.717, 1.165) is 37.4 Å². The van der Waals surface area contributed by atoms with Gasteiger partial charge in [0, 0.05) is 31.9 Å². The van der Waals surface area contributed by atoms with Crippen molar-refractivity contribution < 1.29 is 9.53 Å². The molecule has 0 aliphatic carbocycles. The highest BCUT2D eigenvalue weighted by atomic mass is 16.5. The predicted molar refractivity (Wildman–Crippen MR) is 116 cm³/mol. The zero-order valence-corrected chi connectivity index (χ0v) is 18.1. The number of carbonyl (C=O) groups is 1. The van der Waals surface area contributed by atoms with E-state index in [1.165, 1.54) is 16.7 Å². The fourth-order valence-electron chi connectivity index (χ4n) is 3.96. The highest BCUT2D eigenvalue weighted by Gasteiger charge is 2.26. The molecular formula is C24H33N3O2. The van der Waals surface area contributed by atoms with Crippen LogP contribution in [0, 0.1) is 13.8 Å². The van der Waals surface area contributed by atoms with Crippen LogP contribution in [0.3, 0.4) is 0 Å². The number of hydrogen-bond donors (Lipinski definition) is 0. The van der Waals surface area contributed by atoms with E-state index in [4.69, 9.17) is 9.72 Å². The first-order valence-corrected chi connectivity index (χ1v) is 10.6. The van der Waals surface area contributed by atoms with Crippen molar-refractivity contribution in [2.75, 3.05) is 39.3 Å². The highest BCUT2D eigenvalue weighted by molar-refractivity contribution is 5.78. The summed E-state index contributed by atoms with van der Waals surface area (Å²) in [5.41, 5.74) is 5.86. The topological polar surface area (TPSA) is 45.7 Å². The molecule has 1 aromatic heterocycles. The molecule has 0 radical (unpaired) electrons. The Morgan fingerprint density at radius 1 is 1.21 bits per heavy atom. The fraction of sp³-hybridized carbons (Fsp3) is 0.500. The lowest BCUT2D eigenvalue weighted by Gasteiger charge is -2.33. The van der Waals surface area contributed by atoms with Gasteiger partial charge >= 0.3 is 0 Å². The van der Waals surface area contributed by atoms with Gasteiger partial charge in [-0.2, -0.15) is 0 Å². The maximum atomic E-state index is 12.5. The van der Waals surface area contributed by atoms with Crippen molar-refractivity contribution in [3.05, 3.63) is 64.5 Å². The first-order chi connectivity index (χ1) is 14.0. The van der Waals surface area contributed by atoms with Crippen molar-refractivity contribution in [1.29, 1.82) is 0 Å². The van der Waals surface area contributed by atoms with Crippen molar-refractivity contribution >= 4 is 5.91 Å². The lowest BCUT2D eigenvalue weighted by molar-refractivity contribution is -0.134. The largest absolute Gasteiger partial charge is 0.369 e. The molecule has 2 heterocycles. The van der Waals surface area contributed by atoms with Crippen LogP contribution >= 0.6 is 0 Å². The minimum absolute atomic E-state index is 0.0937. The average Bonchev–Trinajstić information content (AvgIpc) is 2.70. The SMILES string of the molecule is CCN(CC)C(=O)CN1CCOC(c2cc(Cc3ccccc3C)cc(C)n2)C1. The third-order valence-corrected chi connectivity index (χ3v) is 5.64. The van der Waals surface area contributed by atoms with Gasteiger partial charge in [-0.15, -0.1) is 0 Å². The number of nitrogens with zero attached hydrogens (tertiary/aromatic N) is 3. The summed E-state index contributed by atoms with van der Waals surface area (Å²) >= 11 is 0. The van der Waals surface area contributed by atoms with Crippen LogP contribution in [0.25, 0.3) is 0 Å². The molecule has 156 valence electrons. The van der Waals surface area contributed by atoms with Crippen LogP contribution in [0.4, 0.5) is 0 Å². The summed E-state index contributed by atoms with van der Waals surface area (Å²) in [6.07, 6.45) is 0.795. The van der Waals surface area contributed by atoms with Gasteiger partial charge in [0.1, 0.15) is 6.10 Å². The zero-order chi connectivity index (χ0) is 20.8. The van der Waals surface area contributed by atoms with E-state index in [0.29, 0.717) is 19.7 Å². The van der Waals surface area contributed by atoms with E-state index in [-0.39, 0.29) is 12.0 Å². The molecule has 0 bridgehead atoms. The smallest absolute Gasteiger partial charge is 0.236 e. The molecule has 29 heavy (non-hydrogen) atoms. The number of likely N-dealkylation sites (N-methyl/N-ethyl adjacent to an activating group) is 1. The Balaban J connectivity index is 1.72.